The van der Waals surface area contributed by atoms with Crippen LogP contribution in [0.4, 0.5) is 8.78 Å². The minimum atomic E-state index is -3.54. The Balaban J connectivity index is 1.47. The molecule has 202 valence electrons. The zero-order valence-electron chi connectivity index (χ0n) is 21.6. The van der Waals surface area contributed by atoms with E-state index in [-0.39, 0.29) is 5.78 Å². The number of hydrogen-bond donors (Lipinski definition) is 1. The van der Waals surface area contributed by atoms with Gasteiger partial charge < -0.3 is 19.5 Å². The number of amides is 1. The molecular formula is C29H27F2N3O5. The maximum absolute atomic E-state index is 13.7. The number of hydrogen-bond acceptors (Lipinski definition) is 6. The van der Waals surface area contributed by atoms with Crippen LogP contribution in [0, 0.1) is 0 Å². The fourth-order valence-corrected chi connectivity index (χ4v) is 4.40. The number of nitrogens with zero attached hydrogens (tertiary/aromatic N) is 2. The molecule has 1 aliphatic heterocycles. The summed E-state index contributed by atoms with van der Waals surface area (Å²) in [5, 5.41) is 7.60. The predicted molar refractivity (Wildman–Crippen MR) is 140 cm³/mol. The third-order valence-corrected chi connectivity index (χ3v) is 6.41. The van der Waals surface area contributed by atoms with Crippen molar-refractivity contribution in [2.45, 2.75) is 38.8 Å². The molecule has 0 unspecified atom stereocenters. The van der Waals surface area contributed by atoms with Crippen LogP contribution in [0.5, 0.6) is 17.2 Å². The number of ether oxygens (including phenoxy) is 3. The van der Waals surface area contributed by atoms with Crippen LogP contribution >= 0.6 is 0 Å². The highest BCUT2D eigenvalue weighted by molar-refractivity contribution is 5.94. The average Bonchev–Trinajstić information content (AvgIpc) is 3.34. The molecule has 1 aliphatic rings. The molecule has 1 amide bonds. The molecular weight excluding hydrogens is 508 g/mol. The number of alkyl halides is 2. The van der Waals surface area contributed by atoms with E-state index in [0.29, 0.717) is 48.5 Å². The van der Waals surface area contributed by atoms with Gasteiger partial charge in [0.05, 0.1) is 23.4 Å². The van der Waals surface area contributed by atoms with Crippen molar-refractivity contribution >= 4 is 22.6 Å². The molecule has 0 spiro atoms. The summed E-state index contributed by atoms with van der Waals surface area (Å²) in [7, 11) is 0. The van der Waals surface area contributed by atoms with Gasteiger partial charge in [0.15, 0.2) is 17.3 Å². The van der Waals surface area contributed by atoms with Crippen molar-refractivity contribution in [1.82, 2.24) is 15.1 Å². The number of carbonyl (C=O) groups is 2. The van der Waals surface area contributed by atoms with E-state index in [0.717, 1.165) is 16.6 Å². The molecule has 0 aliphatic carbocycles. The molecule has 0 radical (unpaired) electrons. The van der Waals surface area contributed by atoms with Gasteiger partial charge in [0.2, 0.25) is 0 Å². The van der Waals surface area contributed by atoms with Crippen LogP contribution in [-0.4, -0.2) is 46.6 Å². The molecule has 3 aromatic carbocycles. The first-order valence-electron chi connectivity index (χ1n) is 12.4. The SMILES string of the molecule is CC(=O)c1cccc(-n2ncc3cc(O[C@H](c4ccc5c(c4)OCCO5)[C@H](C)NC(=O)C(C)(F)F)ccc32)c1. The summed E-state index contributed by atoms with van der Waals surface area (Å²) in [5.74, 6) is -3.45. The normalized spacial score (nSPS) is 14.5. The summed E-state index contributed by atoms with van der Waals surface area (Å²) in [5.41, 5.74) is 2.71. The van der Waals surface area contributed by atoms with Gasteiger partial charge in [0, 0.05) is 17.9 Å². The van der Waals surface area contributed by atoms with E-state index >= 15 is 0 Å². The number of nitrogens with one attached hydrogen (secondary N) is 1. The van der Waals surface area contributed by atoms with Crippen LogP contribution in [0.3, 0.4) is 0 Å². The first kappa shape index (κ1) is 26.1. The van der Waals surface area contributed by atoms with Gasteiger partial charge in [0.25, 0.3) is 5.91 Å². The highest BCUT2D eigenvalue weighted by atomic mass is 19.3. The first-order chi connectivity index (χ1) is 18.6. The Hall–Kier alpha value is -4.47. The summed E-state index contributed by atoms with van der Waals surface area (Å²) >= 11 is 0. The van der Waals surface area contributed by atoms with E-state index in [1.165, 1.54) is 6.92 Å². The van der Waals surface area contributed by atoms with Crippen LogP contribution in [-0.2, 0) is 4.79 Å². The fraction of sp³-hybridized carbons (Fsp3) is 0.276. The van der Waals surface area contributed by atoms with E-state index in [2.05, 4.69) is 10.4 Å². The number of carbonyl (C=O) groups excluding carboxylic acids is 2. The Morgan fingerprint density at radius 2 is 1.82 bits per heavy atom. The van der Waals surface area contributed by atoms with Gasteiger partial charge >= 0.3 is 5.92 Å². The lowest BCUT2D eigenvalue weighted by Gasteiger charge is -2.28. The van der Waals surface area contributed by atoms with E-state index in [1.807, 2.05) is 12.1 Å². The smallest absolute Gasteiger partial charge is 0.321 e. The Bertz CT molecular complexity index is 1550. The van der Waals surface area contributed by atoms with Gasteiger partial charge in [-0.05, 0) is 61.9 Å². The molecule has 1 N–H and O–H groups in total. The standard InChI is InChI=1S/C29H27F2N3O5/c1-17(33-28(36)29(3,30)31)27(20-7-10-25-26(15-20)38-12-11-37-25)39-23-8-9-24-21(14-23)16-32-34(24)22-6-4-5-19(13-22)18(2)35/h4-10,13-17,27H,11-12H2,1-3H3,(H,33,36)/t17-,27-/m0/s1. The number of ketones is 1. The molecule has 39 heavy (non-hydrogen) atoms. The Labute approximate surface area is 223 Å². The number of aromatic nitrogens is 2. The second-order valence-electron chi connectivity index (χ2n) is 9.48. The first-order valence-corrected chi connectivity index (χ1v) is 12.4. The molecule has 1 aromatic heterocycles. The summed E-state index contributed by atoms with van der Waals surface area (Å²) in [6, 6.07) is 16.9. The van der Waals surface area contributed by atoms with Crippen molar-refractivity contribution in [3.05, 3.63) is 78.0 Å². The van der Waals surface area contributed by atoms with Crippen LogP contribution < -0.4 is 19.5 Å². The van der Waals surface area contributed by atoms with Crippen LogP contribution in [0.15, 0.2) is 66.9 Å². The number of rotatable bonds is 8. The van der Waals surface area contributed by atoms with Crippen molar-refractivity contribution in [3.63, 3.8) is 0 Å². The second kappa shape index (κ2) is 10.4. The maximum Gasteiger partial charge on any atom is 0.321 e. The molecule has 0 fully saturated rings. The molecule has 0 bridgehead atoms. The fourth-order valence-electron chi connectivity index (χ4n) is 4.40. The third-order valence-electron chi connectivity index (χ3n) is 6.41. The van der Waals surface area contributed by atoms with Crippen molar-refractivity contribution in [1.29, 1.82) is 0 Å². The largest absolute Gasteiger partial charge is 0.486 e. The lowest BCUT2D eigenvalue weighted by Crippen LogP contribution is -2.46. The van der Waals surface area contributed by atoms with Gasteiger partial charge in [-0.2, -0.15) is 13.9 Å². The second-order valence-corrected chi connectivity index (χ2v) is 9.48. The van der Waals surface area contributed by atoms with Crippen molar-refractivity contribution in [2.24, 2.45) is 0 Å². The summed E-state index contributed by atoms with van der Waals surface area (Å²) in [4.78, 5) is 23.9. The monoisotopic (exact) mass is 535 g/mol. The summed E-state index contributed by atoms with van der Waals surface area (Å²) < 4.78 is 46.6. The Kier molecular flexibility index (Phi) is 6.94. The van der Waals surface area contributed by atoms with Crippen LogP contribution in [0.25, 0.3) is 16.6 Å². The topological polar surface area (TPSA) is 91.7 Å². The van der Waals surface area contributed by atoms with Crippen molar-refractivity contribution in [2.75, 3.05) is 13.2 Å². The summed E-state index contributed by atoms with van der Waals surface area (Å²) in [6.07, 6.45) is 0.844. The molecule has 0 saturated carbocycles. The van der Waals surface area contributed by atoms with Gasteiger partial charge in [-0.3, -0.25) is 9.59 Å². The Morgan fingerprint density at radius 3 is 2.56 bits per heavy atom. The van der Waals surface area contributed by atoms with Gasteiger partial charge in [-0.15, -0.1) is 0 Å². The molecule has 10 heteroatoms. The average molecular weight is 536 g/mol. The van der Waals surface area contributed by atoms with E-state index in [1.54, 1.807) is 66.3 Å². The van der Waals surface area contributed by atoms with Crippen LogP contribution in [0.1, 0.15) is 42.8 Å². The molecule has 2 atom stereocenters. The number of benzene rings is 3. The van der Waals surface area contributed by atoms with Crippen LogP contribution in [0.2, 0.25) is 0 Å². The maximum atomic E-state index is 13.7. The highest BCUT2D eigenvalue weighted by Crippen LogP contribution is 2.36. The zero-order valence-corrected chi connectivity index (χ0v) is 21.6. The van der Waals surface area contributed by atoms with Crippen molar-refractivity contribution < 1.29 is 32.6 Å². The van der Waals surface area contributed by atoms with E-state index < -0.39 is 24.0 Å². The highest BCUT2D eigenvalue weighted by Gasteiger charge is 2.35. The number of halogens is 2. The molecule has 5 rings (SSSR count). The number of fused-ring (bicyclic) bond motifs is 2. The number of Topliss-reactive ketones (excluding diaryl/α,β-unsaturated/α-hetero) is 1. The van der Waals surface area contributed by atoms with Gasteiger partial charge in [-0.1, -0.05) is 18.2 Å². The lowest BCUT2D eigenvalue weighted by molar-refractivity contribution is -0.144. The van der Waals surface area contributed by atoms with Gasteiger partial charge in [-0.25, -0.2) is 4.68 Å². The van der Waals surface area contributed by atoms with E-state index in [9.17, 15) is 18.4 Å². The molecule has 0 saturated heterocycles. The molecule has 2 heterocycles. The van der Waals surface area contributed by atoms with Crippen molar-refractivity contribution in [3.8, 4) is 22.9 Å². The third kappa shape index (κ3) is 5.55. The molecule has 8 nitrogen and oxygen atoms in total. The van der Waals surface area contributed by atoms with Gasteiger partial charge in [0.1, 0.15) is 25.1 Å². The summed E-state index contributed by atoms with van der Waals surface area (Å²) in [6.45, 7) is 4.47. The minimum Gasteiger partial charge on any atom is -0.486 e. The molecule has 4 aromatic rings. The predicted octanol–water partition coefficient (Wildman–Crippen LogP) is 5.28. The minimum absolute atomic E-state index is 0.0452. The zero-order chi connectivity index (χ0) is 27.7. The van der Waals surface area contributed by atoms with E-state index in [4.69, 9.17) is 14.2 Å². The lowest BCUT2D eigenvalue weighted by atomic mass is 10.0. The Morgan fingerprint density at radius 1 is 1.05 bits per heavy atom. The quantitative estimate of drug-likeness (QED) is 0.309.